The molecule has 0 radical (unpaired) electrons. The van der Waals surface area contributed by atoms with Crippen LogP contribution in [-0.4, -0.2) is 49.4 Å². The molecule has 0 saturated carbocycles. The quantitative estimate of drug-likeness (QED) is 0.633. The van der Waals surface area contributed by atoms with E-state index >= 15 is 0 Å². The van der Waals surface area contributed by atoms with Gasteiger partial charge in [0.05, 0.1) is 12.2 Å². The fourth-order valence-corrected chi connectivity index (χ4v) is 2.93. The number of carboxylic acid groups (broad SMARTS) is 1. The first-order valence-corrected chi connectivity index (χ1v) is 8.05. The fourth-order valence-electron chi connectivity index (χ4n) is 2.93. The number of nitrogens with one attached hydrogen (secondary N) is 2. The highest BCUT2D eigenvalue weighted by Gasteiger charge is 2.40. The number of H-pyrrole nitrogens is 1. The van der Waals surface area contributed by atoms with Crippen LogP contribution in [0.5, 0.6) is 0 Å². The summed E-state index contributed by atoms with van der Waals surface area (Å²) in [6.45, 7) is 0.956. The molecule has 1 fully saturated rings. The van der Waals surface area contributed by atoms with E-state index in [1.165, 1.54) is 6.33 Å². The summed E-state index contributed by atoms with van der Waals surface area (Å²) in [5.41, 5.74) is 0.887. The van der Waals surface area contributed by atoms with Crippen LogP contribution in [0.15, 0.2) is 42.9 Å². The molecule has 2 aromatic heterocycles. The first-order chi connectivity index (χ1) is 12.7. The van der Waals surface area contributed by atoms with Crippen LogP contribution in [0.2, 0.25) is 0 Å². The second kappa shape index (κ2) is 6.52. The Labute approximate surface area is 148 Å². The minimum absolute atomic E-state index is 0.211. The van der Waals surface area contributed by atoms with Crippen molar-refractivity contribution in [3.8, 4) is 11.5 Å². The van der Waals surface area contributed by atoms with Crippen molar-refractivity contribution in [2.24, 2.45) is 0 Å². The van der Waals surface area contributed by atoms with E-state index in [9.17, 15) is 9.90 Å². The zero-order valence-electron chi connectivity index (χ0n) is 13.7. The molecule has 132 valence electrons. The topological polar surface area (TPSA) is 126 Å². The predicted octanol–water partition coefficient (Wildman–Crippen LogP) is 1.69. The molecule has 3 aromatic rings. The van der Waals surface area contributed by atoms with Gasteiger partial charge in [-0.15, -0.1) is 0 Å². The van der Waals surface area contributed by atoms with Gasteiger partial charge in [-0.05, 0) is 24.3 Å². The summed E-state index contributed by atoms with van der Waals surface area (Å²) in [6, 6.07) is 8.38. The molecule has 1 aliphatic rings. The number of aromatic carboxylic acids is 1. The predicted molar refractivity (Wildman–Crippen MR) is 91.5 cm³/mol. The minimum atomic E-state index is -0.976. The van der Waals surface area contributed by atoms with Gasteiger partial charge in [0.1, 0.15) is 17.6 Å². The summed E-state index contributed by atoms with van der Waals surface area (Å²) in [6.07, 6.45) is 3.74. The number of nitrogens with zero attached hydrogens (tertiary/aromatic N) is 4. The molecule has 3 heterocycles. The number of carboxylic acids is 1. The third-order valence-corrected chi connectivity index (χ3v) is 4.26. The lowest BCUT2D eigenvalue weighted by atomic mass is 9.97. The molecule has 4 rings (SSSR count). The van der Waals surface area contributed by atoms with E-state index in [2.05, 4.69) is 30.5 Å². The molecule has 9 nitrogen and oxygen atoms in total. The van der Waals surface area contributed by atoms with Crippen LogP contribution in [0.25, 0.3) is 11.5 Å². The molecule has 1 saturated heterocycles. The number of carbonyl (C=O) groups is 1. The van der Waals surface area contributed by atoms with Crippen molar-refractivity contribution in [2.45, 2.75) is 12.0 Å². The minimum Gasteiger partial charge on any atom is -0.478 e. The monoisotopic (exact) mass is 352 g/mol. The molecule has 0 bridgehead atoms. The molecule has 1 aliphatic heterocycles. The van der Waals surface area contributed by atoms with Crippen molar-refractivity contribution in [3.05, 3.63) is 54.2 Å². The third-order valence-electron chi connectivity index (χ3n) is 4.26. The fraction of sp³-hybridized carbons (Fsp3) is 0.235. The van der Waals surface area contributed by atoms with Crippen LogP contribution in [-0.2, 0) is 10.3 Å². The average molecular weight is 352 g/mol. The number of hydrogen-bond donors (Lipinski definition) is 3. The molecule has 3 N–H and O–H groups in total. The first kappa shape index (κ1) is 16.2. The number of aromatic amines is 1. The summed E-state index contributed by atoms with van der Waals surface area (Å²) < 4.78 is 5.59. The van der Waals surface area contributed by atoms with Crippen molar-refractivity contribution in [3.63, 3.8) is 0 Å². The standard InChI is InChI=1S/C17H16N6O3/c24-15(25)11-2-1-3-12(8-11)21-17(5-7-26-9-17)16-20-14(22-23-16)13-4-6-18-10-19-13/h1-4,6,8,10,21H,5,7,9H2,(H,24,25)(H,20,22,23)/t17-/m1/s1. The molecular weight excluding hydrogens is 336 g/mol. The maximum atomic E-state index is 11.2. The second-order valence-electron chi connectivity index (χ2n) is 6.00. The van der Waals surface area contributed by atoms with Gasteiger partial charge in [-0.3, -0.25) is 5.10 Å². The molecule has 0 aliphatic carbocycles. The van der Waals surface area contributed by atoms with E-state index in [1.54, 1.807) is 30.5 Å². The van der Waals surface area contributed by atoms with Crippen molar-refractivity contribution in [1.29, 1.82) is 0 Å². The van der Waals surface area contributed by atoms with Crippen molar-refractivity contribution < 1.29 is 14.6 Å². The lowest BCUT2D eigenvalue weighted by Crippen LogP contribution is -2.37. The number of hydrogen-bond acceptors (Lipinski definition) is 7. The van der Waals surface area contributed by atoms with Crippen LogP contribution in [0.3, 0.4) is 0 Å². The highest BCUT2D eigenvalue weighted by Crippen LogP contribution is 2.33. The zero-order chi connectivity index (χ0) is 18.0. The number of benzene rings is 1. The molecule has 9 heteroatoms. The first-order valence-electron chi connectivity index (χ1n) is 8.05. The Balaban J connectivity index is 1.66. The van der Waals surface area contributed by atoms with Crippen LogP contribution in [0.1, 0.15) is 22.6 Å². The van der Waals surface area contributed by atoms with Gasteiger partial charge in [0.2, 0.25) is 0 Å². The van der Waals surface area contributed by atoms with Gasteiger partial charge in [-0.25, -0.2) is 19.7 Å². The maximum Gasteiger partial charge on any atom is 0.335 e. The molecule has 1 aromatic carbocycles. The van der Waals surface area contributed by atoms with Crippen LogP contribution < -0.4 is 5.32 Å². The lowest BCUT2D eigenvalue weighted by molar-refractivity contribution is 0.0697. The van der Waals surface area contributed by atoms with E-state index in [4.69, 9.17) is 4.74 Å². The molecule has 0 amide bonds. The number of ether oxygens (including phenoxy) is 1. The van der Waals surface area contributed by atoms with Gasteiger partial charge in [0.15, 0.2) is 11.6 Å². The maximum absolute atomic E-state index is 11.2. The number of rotatable bonds is 5. The van der Waals surface area contributed by atoms with Crippen molar-refractivity contribution >= 4 is 11.7 Å². The van der Waals surface area contributed by atoms with Crippen LogP contribution in [0, 0.1) is 0 Å². The van der Waals surface area contributed by atoms with E-state index in [0.29, 0.717) is 42.7 Å². The van der Waals surface area contributed by atoms with Gasteiger partial charge in [0, 0.05) is 24.9 Å². The van der Waals surface area contributed by atoms with Crippen LogP contribution in [0.4, 0.5) is 5.69 Å². The van der Waals surface area contributed by atoms with E-state index in [-0.39, 0.29) is 5.56 Å². The second-order valence-corrected chi connectivity index (χ2v) is 6.00. The van der Waals surface area contributed by atoms with Crippen molar-refractivity contribution in [1.82, 2.24) is 25.1 Å². The lowest BCUT2D eigenvalue weighted by Gasteiger charge is -2.27. The average Bonchev–Trinajstić information content (AvgIpc) is 3.33. The zero-order valence-corrected chi connectivity index (χ0v) is 13.7. The molecule has 0 unspecified atom stereocenters. The SMILES string of the molecule is O=C(O)c1cccc(N[C@]2(c3nc(-c4ccncn4)n[nH]3)CCOC2)c1. The Bertz CT molecular complexity index is 921. The Morgan fingerprint density at radius 1 is 1.35 bits per heavy atom. The van der Waals surface area contributed by atoms with Gasteiger partial charge in [-0.2, -0.15) is 5.10 Å². The van der Waals surface area contributed by atoms with Gasteiger partial charge >= 0.3 is 5.97 Å². The van der Waals surface area contributed by atoms with E-state index in [1.807, 2.05) is 6.07 Å². The summed E-state index contributed by atoms with van der Waals surface area (Å²) in [5, 5.41) is 19.8. The highest BCUT2D eigenvalue weighted by atomic mass is 16.5. The normalized spacial score (nSPS) is 19.4. The van der Waals surface area contributed by atoms with E-state index < -0.39 is 11.5 Å². The molecule has 1 atom stereocenters. The Morgan fingerprint density at radius 3 is 3.00 bits per heavy atom. The Kier molecular flexibility index (Phi) is 4.05. The Morgan fingerprint density at radius 2 is 2.27 bits per heavy atom. The third kappa shape index (κ3) is 3.00. The summed E-state index contributed by atoms with van der Waals surface area (Å²) in [5.74, 6) is 0.107. The number of aromatic nitrogens is 5. The van der Waals surface area contributed by atoms with Gasteiger partial charge in [0.25, 0.3) is 0 Å². The van der Waals surface area contributed by atoms with Gasteiger partial charge in [-0.1, -0.05) is 6.07 Å². The molecule has 0 spiro atoms. The highest BCUT2D eigenvalue weighted by molar-refractivity contribution is 5.88. The van der Waals surface area contributed by atoms with E-state index in [0.717, 1.165) is 0 Å². The summed E-state index contributed by atoms with van der Waals surface area (Å²) >= 11 is 0. The largest absolute Gasteiger partial charge is 0.478 e. The van der Waals surface area contributed by atoms with Crippen molar-refractivity contribution in [2.75, 3.05) is 18.5 Å². The smallest absolute Gasteiger partial charge is 0.335 e. The number of anilines is 1. The van der Waals surface area contributed by atoms with Crippen LogP contribution >= 0.6 is 0 Å². The summed E-state index contributed by atoms with van der Waals surface area (Å²) in [4.78, 5) is 23.8. The molecule has 26 heavy (non-hydrogen) atoms. The van der Waals surface area contributed by atoms with Gasteiger partial charge < -0.3 is 15.2 Å². The Hall–Kier alpha value is -3.33. The summed E-state index contributed by atoms with van der Waals surface area (Å²) in [7, 11) is 0. The molecular formula is C17H16N6O3.